The van der Waals surface area contributed by atoms with Crippen LogP contribution in [-0.2, 0) is 0 Å². The standard InChI is InChI=1S/C12H9BrN2OS/c1-8(16)9-4-6-14-11(7-9)17-12-10(13)3-2-5-15-12/h2-7H,1H3. The molecule has 3 nitrogen and oxygen atoms in total. The van der Waals surface area contributed by atoms with E-state index in [0.717, 1.165) is 14.5 Å². The van der Waals surface area contributed by atoms with Crippen molar-refractivity contribution in [1.82, 2.24) is 9.97 Å². The zero-order valence-corrected chi connectivity index (χ0v) is 11.5. The van der Waals surface area contributed by atoms with Crippen LogP contribution in [0.2, 0.25) is 0 Å². The number of ketones is 1. The Bertz CT molecular complexity index is 560. The van der Waals surface area contributed by atoms with Crippen molar-refractivity contribution in [2.24, 2.45) is 0 Å². The lowest BCUT2D eigenvalue weighted by atomic mass is 10.2. The van der Waals surface area contributed by atoms with Gasteiger partial charge in [-0.25, -0.2) is 9.97 Å². The minimum absolute atomic E-state index is 0.0364. The van der Waals surface area contributed by atoms with Gasteiger partial charge in [-0.2, -0.15) is 0 Å². The molecule has 0 N–H and O–H groups in total. The van der Waals surface area contributed by atoms with E-state index in [1.165, 1.54) is 11.8 Å². The molecule has 0 radical (unpaired) electrons. The minimum Gasteiger partial charge on any atom is -0.295 e. The zero-order chi connectivity index (χ0) is 12.3. The second kappa shape index (κ2) is 5.42. The van der Waals surface area contributed by atoms with Crippen molar-refractivity contribution in [3.8, 4) is 0 Å². The van der Waals surface area contributed by atoms with Crippen LogP contribution in [0.1, 0.15) is 17.3 Å². The topological polar surface area (TPSA) is 42.9 Å². The van der Waals surface area contributed by atoms with Gasteiger partial charge in [0.2, 0.25) is 0 Å². The van der Waals surface area contributed by atoms with Crippen LogP contribution in [0.15, 0.2) is 51.2 Å². The smallest absolute Gasteiger partial charge is 0.159 e. The van der Waals surface area contributed by atoms with Crippen LogP contribution in [-0.4, -0.2) is 15.8 Å². The van der Waals surface area contributed by atoms with E-state index in [2.05, 4.69) is 25.9 Å². The lowest BCUT2D eigenvalue weighted by molar-refractivity contribution is 0.101. The van der Waals surface area contributed by atoms with E-state index in [0.29, 0.717) is 5.56 Å². The van der Waals surface area contributed by atoms with E-state index in [4.69, 9.17) is 0 Å². The average molecular weight is 309 g/mol. The number of halogens is 1. The predicted octanol–water partition coefficient (Wildman–Crippen LogP) is 3.59. The Kier molecular flexibility index (Phi) is 3.91. The summed E-state index contributed by atoms with van der Waals surface area (Å²) in [5, 5.41) is 1.60. The summed E-state index contributed by atoms with van der Waals surface area (Å²) in [6, 6.07) is 7.26. The van der Waals surface area contributed by atoms with E-state index in [9.17, 15) is 4.79 Å². The van der Waals surface area contributed by atoms with Crippen molar-refractivity contribution in [1.29, 1.82) is 0 Å². The first kappa shape index (κ1) is 12.3. The van der Waals surface area contributed by atoms with Crippen molar-refractivity contribution >= 4 is 33.5 Å². The Morgan fingerprint density at radius 2 is 2.12 bits per heavy atom. The largest absolute Gasteiger partial charge is 0.295 e. The van der Waals surface area contributed by atoms with Gasteiger partial charge in [0.1, 0.15) is 10.1 Å². The Morgan fingerprint density at radius 1 is 1.29 bits per heavy atom. The van der Waals surface area contributed by atoms with Gasteiger partial charge in [-0.3, -0.25) is 4.79 Å². The summed E-state index contributed by atoms with van der Waals surface area (Å²) in [6.45, 7) is 1.54. The lowest BCUT2D eigenvalue weighted by Gasteiger charge is -2.03. The van der Waals surface area contributed by atoms with Crippen molar-refractivity contribution in [3.05, 3.63) is 46.7 Å². The summed E-state index contributed by atoms with van der Waals surface area (Å²) in [5.74, 6) is 0.0364. The Labute approximate surface area is 112 Å². The molecule has 0 spiro atoms. The van der Waals surface area contributed by atoms with Gasteiger partial charge in [-0.1, -0.05) is 0 Å². The molecular weight excluding hydrogens is 300 g/mol. The number of carbonyl (C=O) groups excluding carboxylic acids is 1. The van der Waals surface area contributed by atoms with E-state index in [-0.39, 0.29) is 5.78 Å². The molecule has 0 unspecified atom stereocenters. The molecule has 2 rings (SSSR count). The number of pyridine rings is 2. The summed E-state index contributed by atoms with van der Waals surface area (Å²) in [7, 11) is 0. The molecule has 0 aromatic carbocycles. The first-order valence-corrected chi connectivity index (χ1v) is 6.53. The Hall–Kier alpha value is -1.20. The highest BCUT2D eigenvalue weighted by Gasteiger charge is 2.06. The number of hydrogen-bond donors (Lipinski definition) is 0. The molecule has 17 heavy (non-hydrogen) atoms. The van der Waals surface area contributed by atoms with Crippen LogP contribution in [0.25, 0.3) is 0 Å². The number of rotatable bonds is 3. The van der Waals surface area contributed by atoms with Crippen molar-refractivity contribution in [2.45, 2.75) is 17.0 Å². The third kappa shape index (κ3) is 3.14. The van der Waals surface area contributed by atoms with E-state index in [1.54, 1.807) is 31.5 Å². The molecule has 2 heterocycles. The van der Waals surface area contributed by atoms with Crippen LogP contribution < -0.4 is 0 Å². The minimum atomic E-state index is 0.0364. The summed E-state index contributed by atoms with van der Waals surface area (Å²) in [5.41, 5.74) is 0.662. The molecule has 0 atom stereocenters. The van der Waals surface area contributed by atoms with Crippen LogP contribution >= 0.6 is 27.7 Å². The van der Waals surface area contributed by atoms with Crippen LogP contribution in [0.4, 0.5) is 0 Å². The fourth-order valence-electron chi connectivity index (χ4n) is 1.23. The number of Topliss-reactive ketones (excluding diaryl/α,β-unsaturated/α-hetero) is 1. The SMILES string of the molecule is CC(=O)c1ccnc(Sc2ncccc2Br)c1. The maximum Gasteiger partial charge on any atom is 0.159 e. The van der Waals surface area contributed by atoms with Gasteiger partial charge in [0.25, 0.3) is 0 Å². The third-order valence-electron chi connectivity index (χ3n) is 2.07. The second-order valence-electron chi connectivity index (χ2n) is 3.33. The molecular formula is C12H9BrN2OS. The summed E-state index contributed by atoms with van der Waals surface area (Å²) < 4.78 is 0.917. The molecule has 0 fully saturated rings. The summed E-state index contributed by atoms with van der Waals surface area (Å²) in [6.07, 6.45) is 3.36. The van der Waals surface area contributed by atoms with E-state index in [1.807, 2.05) is 12.1 Å². The second-order valence-corrected chi connectivity index (χ2v) is 5.19. The molecule has 0 saturated heterocycles. The fraction of sp³-hybridized carbons (Fsp3) is 0.0833. The normalized spacial score (nSPS) is 10.2. The first-order valence-electron chi connectivity index (χ1n) is 4.92. The van der Waals surface area contributed by atoms with Crippen LogP contribution in [0, 0.1) is 0 Å². The average Bonchev–Trinajstić information content (AvgIpc) is 2.32. The van der Waals surface area contributed by atoms with E-state index >= 15 is 0 Å². The third-order valence-corrected chi connectivity index (χ3v) is 3.92. The molecule has 0 amide bonds. The predicted molar refractivity (Wildman–Crippen MR) is 70.3 cm³/mol. The maximum atomic E-state index is 11.3. The number of carbonyl (C=O) groups is 1. The highest BCUT2D eigenvalue weighted by Crippen LogP contribution is 2.30. The highest BCUT2D eigenvalue weighted by molar-refractivity contribution is 9.10. The summed E-state index contributed by atoms with van der Waals surface area (Å²) in [4.78, 5) is 19.7. The molecule has 2 aromatic heterocycles. The lowest BCUT2D eigenvalue weighted by Crippen LogP contribution is -1.93. The Morgan fingerprint density at radius 3 is 2.82 bits per heavy atom. The molecule has 0 aliphatic carbocycles. The molecule has 0 aliphatic rings. The van der Waals surface area contributed by atoms with Crippen molar-refractivity contribution < 1.29 is 4.79 Å². The molecule has 2 aromatic rings. The number of nitrogens with zero attached hydrogens (tertiary/aromatic N) is 2. The quantitative estimate of drug-likeness (QED) is 0.813. The molecule has 0 saturated carbocycles. The van der Waals surface area contributed by atoms with Gasteiger partial charge >= 0.3 is 0 Å². The van der Waals surface area contributed by atoms with Gasteiger partial charge in [0.15, 0.2) is 5.78 Å². The van der Waals surface area contributed by atoms with Crippen molar-refractivity contribution in [3.63, 3.8) is 0 Å². The van der Waals surface area contributed by atoms with Gasteiger partial charge in [0.05, 0.1) is 4.47 Å². The highest BCUT2D eigenvalue weighted by atomic mass is 79.9. The first-order chi connectivity index (χ1) is 8.16. The monoisotopic (exact) mass is 308 g/mol. The van der Waals surface area contributed by atoms with Crippen LogP contribution in [0.3, 0.4) is 0 Å². The number of aromatic nitrogens is 2. The summed E-state index contributed by atoms with van der Waals surface area (Å²) >= 11 is 4.85. The molecule has 0 bridgehead atoms. The van der Waals surface area contributed by atoms with Crippen molar-refractivity contribution in [2.75, 3.05) is 0 Å². The van der Waals surface area contributed by atoms with E-state index < -0.39 is 0 Å². The number of hydrogen-bond acceptors (Lipinski definition) is 4. The zero-order valence-electron chi connectivity index (χ0n) is 9.05. The fourth-order valence-corrected chi connectivity index (χ4v) is 2.50. The van der Waals surface area contributed by atoms with Crippen LogP contribution in [0.5, 0.6) is 0 Å². The van der Waals surface area contributed by atoms with Gasteiger partial charge < -0.3 is 0 Å². The van der Waals surface area contributed by atoms with Gasteiger partial charge in [-0.15, -0.1) is 0 Å². The maximum absolute atomic E-state index is 11.3. The van der Waals surface area contributed by atoms with Gasteiger partial charge in [-0.05, 0) is 58.9 Å². The van der Waals surface area contributed by atoms with Gasteiger partial charge in [0, 0.05) is 18.0 Å². The molecule has 86 valence electrons. The molecule has 5 heteroatoms. The Balaban J connectivity index is 2.28. The molecule has 0 aliphatic heterocycles.